The molecule has 1 amide bonds. The van der Waals surface area contributed by atoms with E-state index in [1.165, 1.54) is 24.5 Å². The largest absolute Gasteiger partial charge is 0.453 e. The second-order valence-electron chi connectivity index (χ2n) is 9.32. The van der Waals surface area contributed by atoms with Crippen molar-refractivity contribution in [2.24, 2.45) is 0 Å². The fraction of sp³-hybridized carbons (Fsp3) is 0.391. The van der Waals surface area contributed by atoms with Crippen molar-refractivity contribution in [2.75, 3.05) is 29.9 Å². The number of ether oxygens (including phenoxy) is 1. The number of thiazole rings is 1. The molecule has 1 atom stereocenters. The van der Waals surface area contributed by atoms with E-state index in [2.05, 4.69) is 30.1 Å². The maximum atomic E-state index is 11.9. The Morgan fingerprint density at radius 3 is 2.54 bits per heavy atom. The number of nitrogens with one attached hydrogen (secondary N) is 3. The molecule has 0 aliphatic heterocycles. The van der Waals surface area contributed by atoms with Crippen LogP contribution in [0.2, 0.25) is 10.0 Å². The van der Waals surface area contributed by atoms with Crippen molar-refractivity contribution in [3.8, 4) is 21.8 Å². The van der Waals surface area contributed by atoms with Crippen LogP contribution in [0, 0.1) is 0 Å². The van der Waals surface area contributed by atoms with Crippen molar-refractivity contribution in [2.45, 2.75) is 39.2 Å². The van der Waals surface area contributed by atoms with E-state index < -0.39 is 16.1 Å². The van der Waals surface area contributed by atoms with Crippen LogP contribution in [0.5, 0.6) is 0 Å². The number of carbonyl (C=O) groups is 1. The Balaban J connectivity index is 2.07. The van der Waals surface area contributed by atoms with Gasteiger partial charge in [-0.15, -0.1) is 11.3 Å². The number of rotatable bonds is 8. The Labute approximate surface area is 230 Å². The summed E-state index contributed by atoms with van der Waals surface area (Å²) in [5.41, 5.74) is 1.44. The zero-order valence-electron chi connectivity index (χ0n) is 21.1. The highest BCUT2D eigenvalue weighted by Crippen LogP contribution is 2.45. The summed E-state index contributed by atoms with van der Waals surface area (Å²) in [5.74, 6) is 0.351. The minimum absolute atomic E-state index is 0.153. The normalized spacial score (nSPS) is 12.6. The summed E-state index contributed by atoms with van der Waals surface area (Å²) in [6, 6.07) is 4.60. The summed E-state index contributed by atoms with van der Waals surface area (Å²) < 4.78 is 30.8. The van der Waals surface area contributed by atoms with E-state index >= 15 is 0 Å². The van der Waals surface area contributed by atoms with Gasteiger partial charge in [-0.2, -0.15) is 0 Å². The molecule has 0 radical (unpaired) electrons. The number of aromatic nitrogens is 3. The maximum absolute atomic E-state index is 11.9. The van der Waals surface area contributed by atoms with Gasteiger partial charge in [-0.1, -0.05) is 44.0 Å². The molecule has 0 bridgehead atoms. The molecule has 0 fully saturated rings. The molecule has 14 heteroatoms. The molecule has 0 saturated heterocycles. The zero-order valence-corrected chi connectivity index (χ0v) is 24.3. The number of alkyl carbamates (subject to hydrolysis) is 1. The van der Waals surface area contributed by atoms with Gasteiger partial charge in [-0.25, -0.2) is 28.2 Å². The lowest BCUT2D eigenvalue weighted by molar-refractivity contribution is 0.168. The summed E-state index contributed by atoms with van der Waals surface area (Å²) in [4.78, 5) is 25.9. The molecule has 0 spiro atoms. The Morgan fingerprint density at radius 1 is 1.22 bits per heavy atom. The number of carbonyl (C=O) groups excluding carboxylic acids is 1. The monoisotopic (exact) mass is 586 g/mol. The molecule has 3 aromatic rings. The SMILES string of the molecule is COC(=O)NC(C)CNc1nccc(-c2sc(C(C)(C)C)nc2-c2cc(Cl)cc(NS(C)(=O)=O)c2Cl)n1. The van der Waals surface area contributed by atoms with Crippen LogP contribution in [0.25, 0.3) is 21.8 Å². The molecule has 0 aliphatic rings. The first-order chi connectivity index (χ1) is 17.2. The van der Waals surface area contributed by atoms with Gasteiger partial charge in [0.05, 0.1) is 45.3 Å². The van der Waals surface area contributed by atoms with Crippen LogP contribution in [-0.2, 0) is 20.2 Å². The second kappa shape index (κ2) is 11.4. The molecule has 2 aromatic heterocycles. The number of halogens is 2. The summed E-state index contributed by atoms with van der Waals surface area (Å²) in [6.07, 6.45) is 2.11. The number of hydrogen-bond donors (Lipinski definition) is 3. The Bertz CT molecular complexity index is 1410. The van der Waals surface area contributed by atoms with Gasteiger partial charge in [0.25, 0.3) is 0 Å². The van der Waals surface area contributed by atoms with E-state index in [4.69, 9.17) is 28.2 Å². The molecule has 10 nitrogen and oxygen atoms in total. The molecule has 1 unspecified atom stereocenters. The minimum Gasteiger partial charge on any atom is -0.453 e. The molecule has 200 valence electrons. The first-order valence-corrected chi connectivity index (χ1v) is 14.5. The first kappa shape index (κ1) is 28.9. The van der Waals surface area contributed by atoms with Crippen LogP contribution in [0.4, 0.5) is 16.4 Å². The van der Waals surface area contributed by atoms with Gasteiger partial charge in [0, 0.05) is 34.8 Å². The van der Waals surface area contributed by atoms with E-state index in [0.717, 1.165) is 11.3 Å². The molecule has 3 rings (SSSR count). The minimum atomic E-state index is -3.60. The Hall–Kier alpha value is -2.67. The Kier molecular flexibility index (Phi) is 8.89. The van der Waals surface area contributed by atoms with Crippen molar-refractivity contribution >= 4 is 62.3 Å². The summed E-state index contributed by atoms with van der Waals surface area (Å²) in [5, 5.41) is 7.05. The van der Waals surface area contributed by atoms with Crippen molar-refractivity contribution < 1.29 is 17.9 Å². The van der Waals surface area contributed by atoms with Gasteiger partial charge >= 0.3 is 6.09 Å². The van der Waals surface area contributed by atoms with E-state index in [9.17, 15) is 13.2 Å². The average molecular weight is 588 g/mol. The van der Waals surface area contributed by atoms with E-state index in [1.54, 1.807) is 18.3 Å². The summed E-state index contributed by atoms with van der Waals surface area (Å²) in [6.45, 7) is 8.30. The number of benzene rings is 1. The molecule has 3 N–H and O–H groups in total. The smallest absolute Gasteiger partial charge is 0.407 e. The molecule has 2 heterocycles. The van der Waals surface area contributed by atoms with Gasteiger partial charge in [-0.05, 0) is 25.1 Å². The van der Waals surface area contributed by atoms with E-state index in [-0.39, 0.29) is 22.2 Å². The van der Waals surface area contributed by atoms with Crippen molar-refractivity contribution in [1.82, 2.24) is 20.3 Å². The number of hydrogen-bond acceptors (Lipinski definition) is 9. The summed E-state index contributed by atoms with van der Waals surface area (Å²) >= 11 is 14.5. The third-order valence-electron chi connectivity index (χ3n) is 4.86. The standard InChI is InChI=1S/C23H28Cl2N6O4S2/c1-12(28-22(32)35-5)11-27-21-26-8-7-15(29-21)19-18(30-20(36-19)23(2,3)4)14-9-13(24)10-16(17(14)25)31-37(6,33)34/h7-10,12,31H,11H2,1-6H3,(H,28,32)(H,26,27,29). The number of anilines is 2. The average Bonchev–Trinajstić information content (AvgIpc) is 3.25. The van der Waals surface area contributed by atoms with E-state index in [1.807, 2.05) is 27.7 Å². The van der Waals surface area contributed by atoms with Crippen LogP contribution >= 0.6 is 34.5 Å². The topological polar surface area (TPSA) is 135 Å². The predicted octanol–water partition coefficient (Wildman–Crippen LogP) is 5.40. The maximum Gasteiger partial charge on any atom is 0.407 e. The molecular weight excluding hydrogens is 559 g/mol. The van der Waals surface area contributed by atoms with Crippen LogP contribution < -0.4 is 15.4 Å². The predicted molar refractivity (Wildman–Crippen MR) is 149 cm³/mol. The van der Waals surface area contributed by atoms with Crippen LogP contribution in [0.3, 0.4) is 0 Å². The van der Waals surface area contributed by atoms with Crippen molar-refractivity contribution in [3.63, 3.8) is 0 Å². The van der Waals surface area contributed by atoms with Gasteiger partial charge in [-0.3, -0.25) is 4.72 Å². The van der Waals surface area contributed by atoms with Crippen molar-refractivity contribution in [3.05, 3.63) is 39.4 Å². The number of methoxy groups -OCH3 is 1. The molecule has 0 aliphatic carbocycles. The molecular formula is C23H28Cl2N6O4S2. The fourth-order valence-corrected chi connectivity index (χ4v) is 5.35. The Morgan fingerprint density at radius 2 is 1.92 bits per heavy atom. The third-order valence-corrected chi connectivity index (χ3v) is 7.58. The van der Waals surface area contributed by atoms with Gasteiger partial charge in [0.2, 0.25) is 16.0 Å². The van der Waals surface area contributed by atoms with Crippen LogP contribution in [0.1, 0.15) is 32.7 Å². The first-order valence-electron chi connectivity index (χ1n) is 11.1. The molecule has 0 saturated carbocycles. The molecule has 37 heavy (non-hydrogen) atoms. The fourth-order valence-electron chi connectivity index (χ4n) is 3.16. The summed E-state index contributed by atoms with van der Waals surface area (Å²) in [7, 11) is -2.30. The quantitative estimate of drug-likeness (QED) is 0.319. The van der Waals surface area contributed by atoms with E-state index in [0.29, 0.717) is 39.3 Å². The zero-order chi connectivity index (χ0) is 27.5. The third kappa shape index (κ3) is 7.67. The van der Waals surface area contributed by atoms with Gasteiger partial charge in [0.1, 0.15) is 0 Å². The highest BCUT2D eigenvalue weighted by atomic mass is 35.5. The number of sulfonamides is 1. The lowest BCUT2D eigenvalue weighted by Gasteiger charge is -2.14. The lowest BCUT2D eigenvalue weighted by atomic mass is 9.98. The lowest BCUT2D eigenvalue weighted by Crippen LogP contribution is -2.37. The van der Waals surface area contributed by atoms with Gasteiger partial charge < -0.3 is 15.4 Å². The highest BCUT2D eigenvalue weighted by Gasteiger charge is 2.26. The number of amides is 1. The van der Waals surface area contributed by atoms with Crippen LogP contribution in [-0.4, -0.2) is 55.4 Å². The second-order valence-corrected chi connectivity index (χ2v) is 12.9. The van der Waals surface area contributed by atoms with Crippen LogP contribution in [0.15, 0.2) is 24.4 Å². The van der Waals surface area contributed by atoms with Crippen molar-refractivity contribution in [1.29, 1.82) is 0 Å². The highest BCUT2D eigenvalue weighted by molar-refractivity contribution is 7.92. The molecule has 1 aromatic carbocycles. The van der Waals surface area contributed by atoms with Gasteiger partial charge in [0.15, 0.2) is 0 Å². The number of nitrogens with zero attached hydrogens (tertiary/aromatic N) is 3.